The second-order valence-electron chi connectivity index (χ2n) is 12.6. The highest BCUT2D eigenvalue weighted by Gasteiger charge is 2.28. The molecule has 0 spiro atoms. The summed E-state index contributed by atoms with van der Waals surface area (Å²) in [6, 6.07) is 22.0. The molecule has 0 saturated heterocycles. The maximum Gasteiger partial charge on any atom is 0.408 e. The standard InChI is InChI=1S/C35H41N5O5/c1-23-36-32(45-40-23)29(21-24-12-8-7-9-13-24)38-31(42)28(22-25-16-17-26-14-10-11-15-27(26)20-25)37-30(41)18-19-35(5,6)39-33(43)44-34(2,3)4/h7-20,28-29H,21-22H2,1-6H3,(H,37,41)(H,38,42)(H,39,43)/t28-,29-/m1/s1. The monoisotopic (exact) mass is 611 g/mol. The smallest absolute Gasteiger partial charge is 0.408 e. The average Bonchev–Trinajstić information content (AvgIpc) is 3.40. The highest BCUT2D eigenvalue weighted by atomic mass is 16.6. The van der Waals surface area contributed by atoms with Gasteiger partial charge >= 0.3 is 6.09 Å². The van der Waals surface area contributed by atoms with Crippen LogP contribution >= 0.6 is 0 Å². The summed E-state index contributed by atoms with van der Waals surface area (Å²) in [6.45, 7) is 10.5. The molecule has 3 N–H and O–H groups in total. The fraction of sp³-hybridized carbons (Fsp3) is 0.343. The molecule has 4 rings (SSSR count). The Morgan fingerprint density at radius 3 is 2.22 bits per heavy atom. The third kappa shape index (κ3) is 10.3. The first-order chi connectivity index (χ1) is 21.3. The van der Waals surface area contributed by atoms with E-state index in [9.17, 15) is 14.4 Å². The minimum absolute atomic E-state index is 0.233. The lowest BCUT2D eigenvalue weighted by molar-refractivity contribution is -0.127. The highest BCUT2D eigenvalue weighted by Crippen LogP contribution is 2.20. The number of hydrogen-bond donors (Lipinski definition) is 3. The van der Waals surface area contributed by atoms with E-state index in [1.54, 1.807) is 47.6 Å². The normalized spacial score (nSPS) is 13.3. The van der Waals surface area contributed by atoms with Crippen molar-refractivity contribution in [1.29, 1.82) is 0 Å². The maximum atomic E-state index is 13.9. The molecule has 1 aromatic heterocycles. The number of nitrogens with one attached hydrogen (secondary N) is 3. The number of benzene rings is 3. The third-order valence-corrected chi connectivity index (χ3v) is 6.80. The summed E-state index contributed by atoms with van der Waals surface area (Å²) in [5.41, 5.74) is 0.282. The van der Waals surface area contributed by atoms with E-state index in [0.717, 1.165) is 21.9 Å². The van der Waals surface area contributed by atoms with Gasteiger partial charge in [-0.15, -0.1) is 0 Å². The first-order valence-corrected chi connectivity index (χ1v) is 14.9. The summed E-state index contributed by atoms with van der Waals surface area (Å²) in [6.07, 6.45) is 2.90. The van der Waals surface area contributed by atoms with Crippen LogP contribution in [0.15, 0.2) is 89.5 Å². The number of aryl methyl sites for hydroxylation is 1. The van der Waals surface area contributed by atoms with Crippen molar-refractivity contribution in [3.63, 3.8) is 0 Å². The molecule has 0 radical (unpaired) electrons. The molecule has 10 nitrogen and oxygen atoms in total. The highest BCUT2D eigenvalue weighted by molar-refractivity contribution is 5.93. The number of carbonyl (C=O) groups is 3. The van der Waals surface area contributed by atoms with Gasteiger partial charge in [0.2, 0.25) is 17.7 Å². The van der Waals surface area contributed by atoms with Crippen LogP contribution in [-0.4, -0.2) is 45.2 Å². The number of aromatic nitrogens is 2. The van der Waals surface area contributed by atoms with Crippen molar-refractivity contribution < 1.29 is 23.6 Å². The average molecular weight is 612 g/mol. The largest absolute Gasteiger partial charge is 0.444 e. The molecule has 0 aliphatic heterocycles. The molecule has 0 bridgehead atoms. The van der Waals surface area contributed by atoms with Crippen molar-refractivity contribution in [1.82, 2.24) is 26.1 Å². The Balaban J connectivity index is 1.55. The van der Waals surface area contributed by atoms with Gasteiger partial charge < -0.3 is 25.2 Å². The maximum absolute atomic E-state index is 13.9. The van der Waals surface area contributed by atoms with Gasteiger partial charge in [0, 0.05) is 18.9 Å². The van der Waals surface area contributed by atoms with E-state index >= 15 is 0 Å². The van der Waals surface area contributed by atoms with Crippen LogP contribution in [0.4, 0.5) is 4.79 Å². The molecule has 3 aromatic carbocycles. The molecular weight excluding hydrogens is 570 g/mol. The number of alkyl carbamates (subject to hydrolysis) is 1. The van der Waals surface area contributed by atoms with E-state index in [4.69, 9.17) is 9.26 Å². The Bertz CT molecular complexity index is 1660. The number of hydrogen-bond acceptors (Lipinski definition) is 7. The number of amides is 3. The molecule has 0 aliphatic carbocycles. The van der Waals surface area contributed by atoms with Gasteiger partial charge in [0.25, 0.3) is 0 Å². The lowest BCUT2D eigenvalue weighted by Crippen LogP contribution is -2.49. The van der Waals surface area contributed by atoms with Gasteiger partial charge in [-0.05, 0) is 63.4 Å². The Kier molecular flexibility index (Phi) is 10.4. The van der Waals surface area contributed by atoms with Crippen LogP contribution in [0, 0.1) is 6.92 Å². The van der Waals surface area contributed by atoms with Crippen molar-refractivity contribution in [2.75, 3.05) is 0 Å². The minimum atomic E-state index is -0.937. The van der Waals surface area contributed by atoms with Crippen LogP contribution in [0.2, 0.25) is 0 Å². The molecule has 0 aliphatic rings. The molecule has 3 amide bonds. The third-order valence-electron chi connectivity index (χ3n) is 6.80. The number of fused-ring (bicyclic) bond motifs is 1. The van der Waals surface area contributed by atoms with Crippen LogP contribution < -0.4 is 16.0 Å². The van der Waals surface area contributed by atoms with Gasteiger partial charge in [-0.3, -0.25) is 9.59 Å². The molecule has 236 valence electrons. The fourth-order valence-corrected chi connectivity index (χ4v) is 4.70. The topological polar surface area (TPSA) is 135 Å². The summed E-state index contributed by atoms with van der Waals surface area (Å²) in [7, 11) is 0. The Morgan fingerprint density at radius 2 is 1.56 bits per heavy atom. The van der Waals surface area contributed by atoms with Gasteiger partial charge in [0.15, 0.2) is 5.82 Å². The quantitative estimate of drug-likeness (QED) is 0.190. The first-order valence-electron chi connectivity index (χ1n) is 14.9. The molecule has 0 unspecified atom stereocenters. The minimum Gasteiger partial charge on any atom is -0.444 e. The number of nitrogens with zero attached hydrogens (tertiary/aromatic N) is 2. The molecule has 2 atom stereocenters. The van der Waals surface area contributed by atoms with Crippen LogP contribution in [0.5, 0.6) is 0 Å². The number of carbonyl (C=O) groups excluding carboxylic acids is 3. The molecular formula is C35H41N5O5. The van der Waals surface area contributed by atoms with E-state index in [1.807, 2.05) is 72.8 Å². The zero-order valence-electron chi connectivity index (χ0n) is 26.6. The number of rotatable bonds is 11. The first kappa shape index (κ1) is 32.9. The van der Waals surface area contributed by atoms with Gasteiger partial charge in [-0.2, -0.15) is 4.98 Å². The van der Waals surface area contributed by atoms with Crippen LogP contribution in [-0.2, 0) is 27.2 Å². The van der Waals surface area contributed by atoms with Crippen molar-refractivity contribution >= 4 is 28.7 Å². The molecule has 45 heavy (non-hydrogen) atoms. The molecule has 4 aromatic rings. The Morgan fingerprint density at radius 1 is 0.867 bits per heavy atom. The van der Waals surface area contributed by atoms with E-state index in [0.29, 0.717) is 12.2 Å². The number of ether oxygens (including phenoxy) is 1. The second-order valence-corrected chi connectivity index (χ2v) is 12.6. The zero-order valence-corrected chi connectivity index (χ0v) is 26.6. The molecule has 10 heteroatoms. The predicted octanol–water partition coefficient (Wildman–Crippen LogP) is 5.52. The van der Waals surface area contributed by atoms with Crippen molar-refractivity contribution in [2.45, 2.75) is 77.6 Å². The fourth-order valence-electron chi connectivity index (χ4n) is 4.70. The van der Waals surface area contributed by atoms with Crippen LogP contribution in [0.1, 0.15) is 63.5 Å². The summed E-state index contributed by atoms with van der Waals surface area (Å²) < 4.78 is 10.8. The summed E-state index contributed by atoms with van der Waals surface area (Å²) in [4.78, 5) is 43.8. The molecule has 1 heterocycles. The second kappa shape index (κ2) is 14.2. The summed E-state index contributed by atoms with van der Waals surface area (Å²) in [5, 5.41) is 14.6. The SMILES string of the molecule is Cc1noc([C@@H](Cc2ccccc2)NC(=O)[C@@H](Cc2ccc3ccccc3c2)NC(=O)C=CC(C)(C)NC(=O)OC(C)(C)C)n1. The summed E-state index contributed by atoms with van der Waals surface area (Å²) in [5.74, 6) is -0.183. The van der Waals surface area contributed by atoms with Gasteiger partial charge in [-0.1, -0.05) is 84.0 Å². The Labute approximate surface area is 263 Å². The van der Waals surface area contributed by atoms with E-state index < -0.39 is 41.1 Å². The van der Waals surface area contributed by atoms with Gasteiger partial charge in [-0.25, -0.2) is 4.79 Å². The van der Waals surface area contributed by atoms with Gasteiger partial charge in [0.05, 0.1) is 5.54 Å². The van der Waals surface area contributed by atoms with E-state index in [-0.39, 0.29) is 12.3 Å². The molecule has 0 saturated carbocycles. The van der Waals surface area contributed by atoms with E-state index in [1.165, 1.54) is 6.08 Å². The van der Waals surface area contributed by atoms with Crippen LogP contribution in [0.3, 0.4) is 0 Å². The van der Waals surface area contributed by atoms with Crippen LogP contribution in [0.25, 0.3) is 10.8 Å². The lowest BCUT2D eigenvalue weighted by atomic mass is 10.00. The van der Waals surface area contributed by atoms with Gasteiger partial charge in [0.1, 0.15) is 17.7 Å². The predicted molar refractivity (Wildman–Crippen MR) is 172 cm³/mol. The zero-order chi connectivity index (χ0) is 32.6. The van der Waals surface area contributed by atoms with E-state index in [2.05, 4.69) is 26.1 Å². The van der Waals surface area contributed by atoms with Crippen molar-refractivity contribution in [3.8, 4) is 0 Å². The molecule has 0 fully saturated rings. The Hall–Kier alpha value is -4.99. The van der Waals surface area contributed by atoms with Crippen molar-refractivity contribution in [3.05, 3.63) is 108 Å². The van der Waals surface area contributed by atoms with Crippen molar-refractivity contribution in [2.24, 2.45) is 0 Å². The lowest BCUT2D eigenvalue weighted by Gasteiger charge is -2.26. The summed E-state index contributed by atoms with van der Waals surface area (Å²) >= 11 is 0.